The number of rotatable bonds is 4. The first kappa shape index (κ1) is 15.0. The van der Waals surface area contributed by atoms with Gasteiger partial charge in [0.25, 0.3) is 0 Å². The Hall–Kier alpha value is -0.0800. The molecule has 0 unspecified atom stereocenters. The maximum atomic E-state index is 2.64. The van der Waals surface area contributed by atoms with E-state index in [1.165, 1.54) is 39.1 Å². The van der Waals surface area contributed by atoms with Crippen LogP contribution in [-0.2, 0) is 0 Å². The van der Waals surface area contributed by atoms with Gasteiger partial charge in [-0.05, 0) is 31.6 Å². The van der Waals surface area contributed by atoms with Crippen molar-refractivity contribution in [1.82, 2.24) is 9.80 Å². The zero-order valence-electron chi connectivity index (χ0n) is 12.8. The van der Waals surface area contributed by atoms with Crippen molar-refractivity contribution >= 4 is 0 Å². The summed E-state index contributed by atoms with van der Waals surface area (Å²) in [4.78, 5) is 5.22. The molecule has 2 heteroatoms. The molecule has 0 atom stereocenters. The second-order valence-electron chi connectivity index (χ2n) is 6.25. The van der Waals surface area contributed by atoms with Crippen LogP contribution in [-0.4, -0.2) is 48.6 Å². The SMILES string of the molecule is CC.CCC1(C)CN(CC2CN(C(C)C)C2)C1. The average Bonchev–Trinajstić information content (AvgIpc) is 2.21. The molecule has 102 valence electrons. The van der Waals surface area contributed by atoms with Gasteiger partial charge in [0.15, 0.2) is 0 Å². The Morgan fingerprint density at radius 2 is 1.71 bits per heavy atom. The lowest BCUT2D eigenvalue weighted by atomic mass is 9.78. The van der Waals surface area contributed by atoms with Crippen LogP contribution in [0.5, 0.6) is 0 Å². The molecule has 0 aromatic rings. The Balaban J connectivity index is 0.000000686. The van der Waals surface area contributed by atoms with Crippen molar-refractivity contribution in [3.63, 3.8) is 0 Å². The first-order valence-electron chi connectivity index (χ1n) is 7.49. The number of likely N-dealkylation sites (tertiary alicyclic amines) is 2. The molecule has 2 rings (SSSR count). The van der Waals surface area contributed by atoms with Gasteiger partial charge < -0.3 is 9.80 Å². The van der Waals surface area contributed by atoms with Crippen molar-refractivity contribution in [1.29, 1.82) is 0 Å². The molecule has 0 radical (unpaired) electrons. The van der Waals surface area contributed by atoms with Crippen molar-refractivity contribution in [2.45, 2.75) is 54.0 Å². The highest BCUT2D eigenvalue weighted by molar-refractivity contribution is 4.93. The van der Waals surface area contributed by atoms with Gasteiger partial charge in [0.1, 0.15) is 0 Å². The fraction of sp³-hybridized carbons (Fsp3) is 1.00. The summed E-state index contributed by atoms with van der Waals surface area (Å²) < 4.78 is 0. The topological polar surface area (TPSA) is 6.48 Å². The first-order chi connectivity index (χ1) is 8.02. The number of nitrogens with zero attached hydrogens (tertiary/aromatic N) is 2. The summed E-state index contributed by atoms with van der Waals surface area (Å²) >= 11 is 0. The van der Waals surface area contributed by atoms with Crippen LogP contribution in [0.15, 0.2) is 0 Å². The van der Waals surface area contributed by atoms with E-state index in [1.807, 2.05) is 13.8 Å². The third-order valence-electron chi connectivity index (χ3n) is 4.30. The molecule has 2 nitrogen and oxygen atoms in total. The van der Waals surface area contributed by atoms with E-state index in [4.69, 9.17) is 0 Å². The Labute approximate surface area is 108 Å². The van der Waals surface area contributed by atoms with Crippen LogP contribution < -0.4 is 0 Å². The van der Waals surface area contributed by atoms with Crippen LogP contribution in [0.3, 0.4) is 0 Å². The lowest BCUT2D eigenvalue weighted by Crippen LogP contribution is -2.60. The van der Waals surface area contributed by atoms with E-state index in [2.05, 4.69) is 37.5 Å². The molecule has 0 saturated carbocycles. The molecular weight excluding hydrogens is 208 g/mol. The van der Waals surface area contributed by atoms with Crippen LogP contribution in [0.2, 0.25) is 0 Å². The molecule has 0 bridgehead atoms. The Bertz CT molecular complexity index is 213. The quantitative estimate of drug-likeness (QED) is 0.745. The highest BCUT2D eigenvalue weighted by Gasteiger charge is 2.39. The summed E-state index contributed by atoms with van der Waals surface area (Å²) in [5.74, 6) is 0.953. The Morgan fingerprint density at radius 3 is 2.12 bits per heavy atom. The monoisotopic (exact) mass is 240 g/mol. The minimum absolute atomic E-state index is 0.640. The van der Waals surface area contributed by atoms with Gasteiger partial charge in [0, 0.05) is 38.8 Å². The zero-order chi connectivity index (χ0) is 13.1. The van der Waals surface area contributed by atoms with E-state index >= 15 is 0 Å². The molecule has 2 heterocycles. The number of hydrogen-bond acceptors (Lipinski definition) is 2. The molecule has 0 amide bonds. The van der Waals surface area contributed by atoms with Gasteiger partial charge in [-0.3, -0.25) is 0 Å². The summed E-state index contributed by atoms with van der Waals surface area (Å²) in [6, 6.07) is 0.749. The fourth-order valence-corrected chi connectivity index (χ4v) is 2.90. The third kappa shape index (κ3) is 3.69. The van der Waals surface area contributed by atoms with E-state index in [1.54, 1.807) is 0 Å². The van der Waals surface area contributed by atoms with Crippen molar-refractivity contribution in [2.75, 3.05) is 32.7 Å². The molecule has 2 aliphatic heterocycles. The standard InChI is InChI=1S/C13H26N2.C2H6/c1-5-13(4)9-14(10-13)6-12-7-15(8-12)11(2)3;1-2/h11-12H,5-10H2,1-4H3;1-2H3. The second-order valence-corrected chi connectivity index (χ2v) is 6.25. The highest BCUT2D eigenvalue weighted by atomic mass is 15.3. The van der Waals surface area contributed by atoms with Crippen molar-refractivity contribution in [3.8, 4) is 0 Å². The maximum Gasteiger partial charge on any atom is 0.00478 e. The molecule has 2 aliphatic rings. The van der Waals surface area contributed by atoms with Gasteiger partial charge in [-0.2, -0.15) is 0 Å². The van der Waals surface area contributed by atoms with E-state index in [-0.39, 0.29) is 0 Å². The first-order valence-corrected chi connectivity index (χ1v) is 7.49. The summed E-state index contributed by atoms with van der Waals surface area (Å²) in [6.07, 6.45) is 1.34. The molecule has 0 aromatic heterocycles. The van der Waals surface area contributed by atoms with E-state index in [9.17, 15) is 0 Å². The summed E-state index contributed by atoms with van der Waals surface area (Å²) in [5.41, 5.74) is 0.640. The third-order valence-corrected chi connectivity index (χ3v) is 4.30. The Kier molecular flexibility index (Phi) is 5.46. The van der Waals surface area contributed by atoms with Gasteiger partial charge in [-0.15, -0.1) is 0 Å². The van der Waals surface area contributed by atoms with Crippen molar-refractivity contribution in [2.24, 2.45) is 11.3 Å². The highest BCUT2D eigenvalue weighted by Crippen LogP contribution is 2.34. The van der Waals surface area contributed by atoms with Gasteiger partial charge in [0.2, 0.25) is 0 Å². The van der Waals surface area contributed by atoms with Gasteiger partial charge >= 0.3 is 0 Å². The minimum Gasteiger partial charge on any atom is -0.302 e. The maximum absolute atomic E-state index is 2.64. The predicted octanol–water partition coefficient (Wildman–Crippen LogP) is 3.08. The van der Waals surface area contributed by atoms with Crippen molar-refractivity contribution in [3.05, 3.63) is 0 Å². The smallest absolute Gasteiger partial charge is 0.00478 e. The fourth-order valence-electron chi connectivity index (χ4n) is 2.90. The van der Waals surface area contributed by atoms with E-state index < -0.39 is 0 Å². The number of hydrogen-bond donors (Lipinski definition) is 0. The Morgan fingerprint density at radius 1 is 1.18 bits per heavy atom. The molecule has 0 aliphatic carbocycles. The van der Waals surface area contributed by atoms with E-state index in [0.29, 0.717) is 5.41 Å². The molecule has 0 aromatic carbocycles. The van der Waals surface area contributed by atoms with Crippen LogP contribution in [0.4, 0.5) is 0 Å². The summed E-state index contributed by atoms with van der Waals surface area (Å²) in [7, 11) is 0. The molecule has 0 N–H and O–H groups in total. The van der Waals surface area contributed by atoms with E-state index in [0.717, 1.165) is 12.0 Å². The van der Waals surface area contributed by atoms with Crippen LogP contribution >= 0.6 is 0 Å². The van der Waals surface area contributed by atoms with Crippen LogP contribution in [0.1, 0.15) is 48.0 Å². The van der Waals surface area contributed by atoms with Gasteiger partial charge in [-0.1, -0.05) is 27.7 Å². The van der Waals surface area contributed by atoms with Crippen LogP contribution in [0.25, 0.3) is 0 Å². The largest absolute Gasteiger partial charge is 0.302 e. The molecule has 2 saturated heterocycles. The average molecular weight is 240 g/mol. The van der Waals surface area contributed by atoms with Crippen molar-refractivity contribution < 1.29 is 0 Å². The molecule has 2 fully saturated rings. The second kappa shape index (κ2) is 6.19. The molecular formula is C15H32N2. The molecule has 0 spiro atoms. The zero-order valence-corrected chi connectivity index (χ0v) is 12.8. The van der Waals surface area contributed by atoms with Gasteiger partial charge in [-0.25, -0.2) is 0 Å². The lowest BCUT2D eigenvalue weighted by Gasteiger charge is -2.52. The minimum atomic E-state index is 0.640. The molecule has 17 heavy (non-hydrogen) atoms. The summed E-state index contributed by atoms with van der Waals surface area (Å²) in [6.45, 7) is 20.0. The van der Waals surface area contributed by atoms with Crippen LogP contribution in [0, 0.1) is 11.3 Å². The normalized spacial score (nSPS) is 24.9. The lowest BCUT2D eigenvalue weighted by molar-refractivity contribution is -0.0322. The predicted molar refractivity (Wildman–Crippen MR) is 76.4 cm³/mol. The summed E-state index contributed by atoms with van der Waals surface area (Å²) in [5, 5.41) is 0. The van der Waals surface area contributed by atoms with Gasteiger partial charge in [0.05, 0.1) is 0 Å².